The molecule has 1 atom stereocenters. The summed E-state index contributed by atoms with van der Waals surface area (Å²) in [6.07, 6.45) is 0. The van der Waals surface area contributed by atoms with E-state index < -0.39 is 12.1 Å². The van der Waals surface area contributed by atoms with Crippen LogP contribution >= 0.6 is 0 Å². The minimum absolute atomic E-state index is 0.164. The Kier molecular flexibility index (Phi) is 3.47. The number of nitrogens with one attached hydrogen (secondary N) is 1. The summed E-state index contributed by atoms with van der Waals surface area (Å²) in [6.45, 7) is 0.164. The van der Waals surface area contributed by atoms with Gasteiger partial charge in [-0.2, -0.15) is 0 Å². The molecule has 1 fully saturated rings. The standard InChI is InChI=1S/C12H14N2O4/c1-17-7-10-11(15)14(12(16)13-10)8-3-5-9(18-2)6-4-8/h3-6,10H,7H2,1-2H3,(H,13,16). The van der Waals surface area contributed by atoms with E-state index in [4.69, 9.17) is 9.47 Å². The Morgan fingerprint density at radius 3 is 2.44 bits per heavy atom. The second-order valence-electron chi connectivity index (χ2n) is 3.83. The predicted molar refractivity (Wildman–Crippen MR) is 64.7 cm³/mol. The highest BCUT2D eigenvalue weighted by molar-refractivity contribution is 6.21. The van der Waals surface area contributed by atoms with Gasteiger partial charge in [-0.25, -0.2) is 9.69 Å². The van der Waals surface area contributed by atoms with Gasteiger partial charge >= 0.3 is 6.03 Å². The van der Waals surface area contributed by atoms with Crippen LogP contribution < -0.4 is 15.0 Å². The predicted octanol–water partition coefficient (Wildman–Crippen LogP) is 0.766. The maximum atomic E-state index is 12.0. The Balaban J connectivity index is 2.21. The number of hydrogen-bond acceptors (Lipinski definition) is 4. The van der Waals surface area contributed by atoms with Gasteiger partial charge in [-0.3, -0.25) is 4.79 Å². The molecule has 0 spiro atoms. The minimum Gasteiger partial charge on any atom is -0.497 e. The van der Waals surface area contributed by atoms with E-state index in [2.05, 4.69) is 5.32 Å². The van der Waals surface area contributed by atoms with Crippen LogP contribution in [0.2, 0.25) is 0 Å². The van der Waals surface area contributed by atoms with Crippen molar-refractivity contribution in [3.05, 3.63) is 24.3 Å². The van der Waals surface area contributed by atoms with Crippen molar-refractivity contribution in [2.75, 3.05) is 25.7 Å². The SMILES string of the molecule is COCC1NC(=O)N(c2ccc(OC)cc2)C1=O. The summed E-state index contributed by atoms with van der Waals surface area (Å²) in [5.74, 6) is 0.353. The maximum Gasteiger partial charge on any atom is 0.329 e. The summed E-state index contributed by atoms with van der Waals surface area (Å²) in [5.41, 5.74) is 0.511. The molecule has 1 heterocycles. The number of nitrogens with zero attached hydrogens (tertiary/aromatic N) is 1. The smallest absolute Gasteiger partial charge is 0.329 e. The molecule has 96 valence electrons. The zero-order valence-electron chi connectivity index (χ0n) is 10.2. The normalized spacial score (nSPS) is 19.0. The van der Waals surface area contributed by atoms with Crippen molar-refractivity contribution in [3.8, 4) is 5.75 Å². The summed E-state index contributed by atoms with van der Waals surface area (Å²) in [4.78, 5) is 24.8. The van der Waals surface area contributed by atoms with E-state index in [9.17, 15) is 9.59 Å². The highest BCUT2D eigenvalue weighted by Gasteiger charge is 2.38. The van der Waals surface area contributed by atoms with Crippen molar-refractivity contribution in [2.24, 2.45) is 0 Å². The summed E-state index contributed by atoms with van der Waals surface area (Å²) in [6, 6.07) is 5.65. The minimum atomic E-state index is -0.621. The van der Waals surface area contributed by atoms with Crippen molar-refractivity contribution in [1.29, 1.82) is 0 Å². The number of ether oxygens (including phenoxy) is 2. The van der Waals surface area contributed by atoms with Gasteiger partial charge in [-0.1, -0.05) is 0 Å². The van der Waals surface area contributed by atoms with Crippen LogP contribution in [0.1, 0.15) is 0 Å². The fourth-order valence-electron chi connectivity index (χ4n) is 1.79. The molecule has 1 N–H and O–H groups in total. The van der Waals surface area contributed by atoms with E-state index in [-0.39, 0.29) is 12.5 Å². The lowest BCUT2D eigenvalue weighted by Gasteiger charge is -2.13. The molecule has 0 radical (unpaired) electrons. The van der Waals surface area contributed by atoms with Crippen molar-refractivity contribution >= 4 is 17.6 Å². The van der Waals surface area contributed by atoms with Crippen LogP contribution in [-0.2, 0) is 9.53 Å². The topological polar surface area (TPSA) is 67.9 Å². The van der Waals surface area contributed by atoms with E-state index in [1.165, 1.54) is 7.11 Å². The quantitative estimate of drug-likeness (QED) is 0.801. The first-order valence-corrected chi connectivity index (χ1v) is 5.45. The Labute approximate surface area is 104 Å². The number of amides is 3. The Morgan fingerprint density at radius 1 is 1.22 bits per heavy atom. The van der Waals surface area contributed by atoms with Crippen molar-refractivity contribution < 1.29 is 19.1 Å². The lowest BCUT2D eigenvalue weighted by molar-refractivity contribution is -0.119. The fourth-order valence-corrected chi connectivity index (χ4v) is 1.79. The Bertz CT molecular complexity index is 458. The summed E-state index contributed by atoms with van der Waals surface area (Å²) < 4.78 is 9.90. The van der Waals surface area contributed by atoms with Gasteiger partial charge in [0, 0.05) is 7.11 Å². The number of rotatable bonds is 4. The van der Waals surface area contributed by atoms with Crippen LogP contribution in [0.15, 0.2) is 24.3 Å². The van der Waals surface area contributed by atoms with Gasteiger partial charge < -0.3 is 14.8 Å². The molecule has 1 saturated heterocycles. The van der Waals surface area contributed by atoms with Crippen LogP contribution in [0, 0.1) is 0 Å². The molecule has 6 heteroatoms. The van der Waals surface area contributed by atoms with Gasteiger partial charge in [0.1, 0.15) is 11.8 Å². The molecule has 18 heavy (non-hydrogen) atoms. The number of benzene rings is 1. The van der Waals surface area contributed by atoms with Gasteiger partial charge in [-0.05, 0) is 24.3 Å². The molecule has 1 aliphatic rings. The van der Waals surface area contributed by atoms with E-state index in [1.54, 1.807) is 31.4 Å². The third kappa shape index (κ3) is 2.14. The molecule has 1 aliphatic heterocycles. The van der Waals surface area contributed by atoms with Crippen LogP contribution in [0.4, 0.5) is 10.5 Å². The fraction of sp³-hybridized carbons (Fsp3) is 0.333. The Morgan fingerprint density at radius 2 is 1.89 bits per heavy atom. The average molecular weight is 250 g/mol. The number of carbonyl (C=O) groups excluding carboxylic acids is 2. The van der Waals surface area contributed by atoms with Crippen LogP contribution in [0.5, 0.6) is 5.75 Å². The van der Waals surface area contributed by atoms with E-state index in [0.717, 1.165) is 4.90 Å². The molecular weight excluding hydrogens is 236 g/mol. The van der Waals surface area contributed by atoms with Crippen LogP contribution in [0.3, 0.4) is 0 Å². The van der Waals surface area contributed by atoms with Crippen LogP contribution in [0.25, 0.3) is 0 Å². The van der Waals surface area contributed by atoms with Crippen molar-refractivity contribution in [1.82, 2.24) is 5.32 Å². The van der Waals surface area contributed by atoms with E-state index in [0.29, 0.717) is 11.4 Å². The molecule has 0 aliphatic carbocycles. The van der Waals surface area contributed by atoms with Gasteiger partial charge in [0.15, 0.2) is 0 Å². The molecule has 6 nitrogen and oxygen atoms in total. The number of hydrogen-bond donors (Lipinski definition) is 1. The monoisotopic (exact) mass is 250 g/mol. The number of anilines is 1. The molecular formula is C12H14N2O4. The average Bonchev–Trinajstić information content (AvgIpc) is 2.65. The maximum absolute atomic E-state index is 12.0. The summed E-state index contributed by atoms with van der Waals surface area (Å²) >= 11 is 0. The second-order valence-corrected chi connectivity index (χ2v) is 3.83. The largest absolute Gasteiger partial charge is 0.497 e. The number of methoxy groups -OCH3 is 2. The lowest BCUT2D eigenvalue weighted by Crippen LogP contribution is -2.34. The molecule has 1 aromatic carbocycles. The third-order valence-electron chi connectivity index (χ3n) is 2.68. The molecule has 0 saturated carbocycles. The molecule has 0 bridgehead atoms. The summed E-state index contributed by atoms with van der Waals surface area (Å²) in [5, 5.41) is 2.56. The van der Waals surface area contributed by atoms with E-state index in [1.807, 2.05) is 0 Å². The van der Waals surface area contributed by atoms with Crippen LogP contribution in [-0.4, -0.2) is 38.8 Å². The van der Waals surface area contributed by atoms with E-state index >= 15 is 0 Å². The zero-order valence-corrected chi connectivity index (χ0v) is 10.2. The highest BCUT2D eigenvalue weighted by Crippen LogP contribution is 2.22. The first kappa shape index (κ1) is 12.4. The number of carbonyl (C=O) groups is 2. The van der Waals surface area contributed by atoms with Gasteiger partial charge in [-0.15, -0.1) is 0 Å². The Hall–Kier alpha value is -2.08. The zero-order chi connectivity index (χ0) is 13.1. The second kappa shape index (κ2) is 5.05. The molecule has 0 aromatic heterocycles. The first-order valence-electron chi connectivity index (χ1n) is 5.45. The van der Waals surface area contributed by atoms with Gasteiger partial charge in [0.05, 0.1) is 19.4 Å². The summed E-state index contributed by atoms with van der Waals surface area (Å²) in [7, 11) is 3.03. The molecule has 1 aromatic rings. The number of imide groups is 1. The molecule has 1 unspecified atom stereocenters. The molecule has 3 amide bonds. The number of urea groups is 1. The van der Waals surface area contributed by atoms with Crippen molar-refractivity contribution in [2.45, 2.75) is 6.04 Å². The third-order valence-corrected chi connectivity index (χ3v) is 2.68. The van der Waals surface area contributed by atoms with Crippen molar-refractivity contribution in [3.63, 3.8) is 0 Å². The highest BCUT2D eigenvalue weighted by atomic mass is 16.5. The van der Waals surface area contributed by atoms with Gasteiger partial charge in [0.2, 0.25) is 0 Å². The lowest BCUT2D eigenvalue weighted by atomic mass is 10.2. The van der Waals surface area contributed by atoms with Gasteiger partial charge in [0.25, 0.3) is 5.91 Å². The first-order chi connectivity index (χ1) is 8.67. The molecule has 2 rings (SSSR count).